The topological polar surface area (TPSA) is 58.3 Å². The number of hydrogen-bond donors (Lipinski definition) is 1. The van der Waals surface area contributed by atoms with E-state index in [9.17, 15) is 13.2 Å². The first kappa shape index (κ1) is 14.0. The van der Waals surface area contributed by atoms with Crippen LogP contribution in [0.15, 0.2) is 18.5 Å². The van der Waals surface area contributed by atoms with Gasteiger partial charge in [0, 0.05) is 45.1 Å². The van der Waals surface area contributed by atoms with Crippen LogP contribution in [0.25, 0.3) is 0 Å². The van der Waals surface area contributed by atoms with Crippen molar-refractivity contribution in [1.82, 2.24) is 14.9 Å². The molecule has 2 rings (SSSR count). The van der Waals surface area contributed by atoms with Crippen LogP contribution in [0.4, 0.5) is 19.1 Å². The number of halogens is 3. The molecule has 2 heterocycles. The zero-order valence-electron chi connectivity index (χ0n) is 10.3. The van der Waals surface area contributed by atoms with E-state index in [1.807, 2.05) is 4.90 Å². The molecule has 1 aromatic heterocycles. The minimum Gasteiger partial charge on any atom is -0.338 e. The number of anilines is 1. The van der Waals surface area contributed by atoms with Gasteiger partial charge in [0.25, 0.3) is 0 Å². The van der Waals surface area contributed by atoms with Crippen LogP contribution in [0.3, 0.4) is 0 Å². The first-order chi connectivity index (χ1) is 9.02. The molecule has 1 saturated heterocycles. The Labute approximate surface area is 109 Å². The van der Waals surface area contributed by atoms with Crippen molar-refractivity contribution >= 4 is 5.95 Å². The third kappa shape index (κ3) is 3.32. The summed E-state index contributed by atoms with van der Waals surface area (Å²) in [6, 6.07) is 0.139. The molecule has 1 aliphatic rings. The summed E-state index contributed by atoms with van der Waals surface area (Å²) in [5.41, 5.74) is 5.24. The van der Waals surface area contributed by atoms with Gasteiger partial charge in [-0.25, -0.2) is 9.97 Å². The van der Waals surface area contributed by atoms with E-state index in [0.717, 1.165) is 0 Å². The Morgan fingerprint density at radius 3 is 2.21 bits per heavy atom. The van der Waals surface area contributed by atoms with Crippen LogP contribution >= 0.6 is 0 Å². The number of alkyl halides is 3. The van der Waals surface area contributed by atoms with Crippen molar-refractivity contribution in [2.75, 3.05) is 37.6 Å². The first-order valence-corrected chi connectivity index (χ1v) is 6.05. The smallest absolute Gasteiger partial charge is 0.338 e. The largest absolute Gasteiger partial charge is 0.405 e. The lowest BCUT2D eigenvalue weighted by Gasteiger charge is -2.39. The van der Waals surface area contributed by atoms with E-state index >= 15 is 0 Å². The maximum atomic E-state index is 12.8. The Hall–Kier alpha value is -1.41. The van der Waals surface area contributed by atoms with Crippen LogP contribution in [0.5, 0.6) is 0 Å². The van der Waals surface area contributed by atoms with Gasteiger partial charge in [-0.2, -0.15) is 13.2 Å². The Kier molecular flexibility index (Phi) is 4.20. The van der Waals surface area contributed by atoms with Crippen molar-refractivity contribution in [3.8, 4) is 0 Å². The summed E-state index contributed by atoms with van der Waals surface area (Å²) in [5, 5.41) is 0. The number of hydrogen-bond acceptors (Lipinski definition) is 5. The van der Waals surface area contributed by atoms with Crippen molar-refractivity contribution in [3.63, 3.8) is 0 Å². The predicted octanol–water partition coefficient (Wildman–Crippen LogP) is 0.488. The normalized spacial score (nSPS) is 19.5. The van der Waals surface area contributed by atoms with Gasteiger partial charge in [-0.05, 0) is 6.07 Å². The summed E-state index contributed by atoms with van der Waals surface area (Å²) < 4.78 is 38.3. The van der Waals surface area contributed by atoms with Gasteiger partial charge in [0.2, 0.25) is 5.95 Å². The fraction of sp³-hybridized carbons (Fsp3) is 0.636. The van der Waals surface area contributed by atoms with Gasteiger partial charge in [0.05, 0.1) is 0 Å². The molecule has 1 unspecified atom stereocenters. The molecule has 106 valence electrons. The minimum atomic E-state index is -4.28. The fourth-order valence-electron chi connectivity index (χ4n) is 2.18. The quantitative estimate of drug-likeness (QED) is 0.870. The Balaban J connectivity index is 1.96. The van der Waals surface area contributed by atoms with E-state index in [2.05, 4.69) is 9.97 Å². The molecule has 0 bridgehead atoms. The maximum absolute atomic E-state index is 12.8. The molecular weight excluding hydrogens is 259 g/mol. The van der Waals surface area contributed by atoms with E-state index < -0.39 is 18.8 Å². The van der Waals surface area contributed by atoms with Crippen LogP contribution in [0.2, 0.25) is 0 Å². The third-order valence-corrected chi connectivity index (χ3v) is 3.19. The molecule has 8 heteroatoms. The molecular formula is C11H16F3N5. The molecule has 1 atom stereocenters. The number of aromatic nitrogens is 2. The molecule has 0 spiro atoms. The number of nitrogens with two attached hydrogens (primary N) is 1. The van der Waals surface area contributed by atoms with Gasteiger partial charge in [0.15, 0.2) is 0 Å². The molecule has 5 nitrogen and oxygen atoms in total. The highest BCUT2D eigenvalue weighted by molar-refractivity contribution is 5.29. The molecule has 2 N–H and O–H groups in total. The lowest BCUT2D eigenvalue weighted by Crippen LogP contribution is -2.57. The van der Waals surface area contributed by atoms with Gasteiger partial charge < -0.3 is 10.6 Å². The summed E-state index contributed by atoms with van der Waals surface area (Å²) in [6.07, 6.45) is -1.04. The predicted molar refractivity (Wildman–Crippen MR) is 64.7 cm³/mol. The molecule has 1 aliphatic heterocycles. The van der Waals surface area contributed by atoms with Crippen molar-refractivity contribution in [3.05, 3.63) is 18.5 Å². The minimum absolute atomic E-state index is 0.305. The van der Waals surface area contributed by atoms with Gasteiger partial charge in [-0.1, -0.05) is 0 Å². The lowest BCUT2D eigenvalue weighted by atomic mass is 10.2. The summed E-state index contributed by atoms with van der Waals surface area (Å²) >= 11 is 0. The Bertz CT molecular complexity index is 389. The zero-order valence-corrected chi connectivity index (χ0v) is 10.3. The monoisotopic (exact) mass is 275 g/mol. The van der Waals surface area contributed by atoms with Crippen molar-refractivity contribution < 1.29 is 13.2 Å². The zero-order chi connectivity index (χ0) is 13.9. The lowest BCUT2D eigenvalue weighted by molar-refractivity contribution is -0.181. The highest BCUT2D eigenvalue weighted by atomic mass is 19.4. The number of piperazine rings is 1. The summed E-state index contributed by atoms with van der Waals surface area (Å²) in [7, 11) is 0. The summed E-state index contributed by atoms with van der Waals surface area (Å²) in [4.78, 5) is 11.4. The molecule has 0 saturated carbocycles. The molecule has 1 aromatic rings. The van der Waals surface area contributed by atoms with Crippen molar-refractivity contribution in [1.29, 1.82) is 0 Å². The van der Waals surface area contributed by atoms with E-state index in [1.165, 1.54) is 4.90 Å². The van der Waals surface area contributed by atoms with Crippen LogP contribution in [-0.4, -0.2) is 59.8 Å². The molecule has 0 aliphatic carbocycles. The van der Waals surface area contributed by atoms with Crippen LogP contribution < -0.4 is 10.6 Å². The van der Waals surface area contributed by atoms with Gasteiger partial charge in [-0.15, -0.1) is 0 Å². The number of rotatable bonds is 3. The van der Waals surface area contributed by atoms with Crippen LogP contribution in [0, 0.1) is 0 Å². The highest BCUT2D eigenvalue weighted by Gasteiger charge is 2.43. The summed E-state index contributed by atoms with van der Waals surface area (Å²) in [5.74, 6) is 0.554. The highest BCUT2D eigenvalue weighted by Crippen LogP contribution is 2.25. The number of nitrogens with zero attached hydrogens (tertiary/aromatic N) is 4. The Morgan fingerprint density at radius 1 is 1.16 bits per heavy atom. The second-order valence-corrected chi connectivity index (χ2v) is 4.36. The van der Waals surface area contributed by atoms with E-state index in [1.54, 1.807) is 18.5 Å². The van der Waals surface area contributed by atoms with Gasteiger partial charge in [0.1, 0.15) is 6.04 Å². The standard InChI is InChI=1S/C11H16F3N5/c12-11(13,14)9(8-15)18-4-6-19(7-5-18)10-16-2-1-3-17-10/h1-3,9H,4-8,15H2. The first-order valence-electron chi connectivity index (χ1n) is 6.05. The second-order valence-electron chi connectivity index (χ2n) is 4.36. The van der Waals surface area contributed by atoms with Crippen LogP contribution in [-0.2, 0) is 0 Å². The van der Waals surface area contributed by atoms with Gasteiger partial charge >= 0.3 is 6.18 Å². The van der Waals surface area contributed by atoms with Crippen molar-refractivity contribution in [2.45, 2.75) is 12.2 Å². The molecule has 0 amide bonds. The average Bonchev–Trinajstić information content (AvgIpc) is 2.40. The fourth-order valence-corrected chi connectivity index (χ4v) is 2.18. The molecule has 1 fully saturated rings. The van der Waals surface area contributed by atoms with Gasteiger partial charge in [-0.3, -0.25) is 4.90 Å². The second kappa shape index (κ2) is 5.70. The Morgan fingerprint density at radius 2 is 1.74 bits per heavy atom. The SMILES string of the molecule is NCC(N1CCN(c2ncccn2)CC1)C(F)(F)F. The molecule has 19 heavy (non-hydrogen) atoms. The maximum Gasteiger partial charge on any atom is 0.405 e. The summed E-state index contributed by atoms with van der Waals surface area (Å²) in [6.45, 7) is 1.14. The van der Waals surface area contributed by atoms with Crippen LogP contribution in [0.1, 0.15) is 0 Å². The van der Waals surface area contributed by atoms with E-state index in [-0.39, 0.29) is 0 Å². The van der Waals surface area contributed by atoms with E-state index in [0.29, 0.717) is 32.1 Å². The third-order valence-electron chi connectivity index (χ3n) is 3.19. The average molecular weight is 275 g/mol. The molecule has 0 radical (unpaired) electrons. The van der Waals surface area contributed by atoms with Crippen molar-refractivity contribution in [2.24, 2.45) is 5.73 Å². The molecule has 0 aromatic carbocycles. The van der Waals surface area contributed by atoms with E-state index in [4.69, 9.17) is 5.73 Å².